The van der Waals surface area contributed by atoms with E-state index in [0.717, 1.165) is 0 Å². The molecule has 1 aromatic heterocycles. The number of ether oxygens (including phenoxy) is 1. The standard InChI is InChI=1S/C20H24N2O6/c1-10(23)13-15-12(9-28-19(27)20(2,3)4)14(11-6-5-7-21-8-11)16(18(25)26)22(15)17(13)24/h5-8,10,12-13,15,23H,9H2,1-4H3,(H,25,26)/t10-,12?,13-,15-/m1/s1. The van der Waals surface area contributed by atoms with Crippen molar-refractivity contribution in [2.75, 3.05) is 6.61 Å². The number of esters is 1. The van der Waals surface area contributed by atoms with E-state index in [0.29, 0.717) is 11.1 Å². The van der Waals surface area contributed by atoms with Crippen molar-refractivity contribution < 1.29 is 29.3 Å². The molecule has 2 aliphatic rings. The molecule has 0 saturated carbocycles. The van der Waals surface area contributed by atoms with Gasteiger partial charge in [0.15, 0.2) is 0 Å². The molecule has 1 aromatic rings. The first-order valence-corrected chi connectivity index (χ1v) is 9.12. The number of aliphatic hydroxyl groups is 1. The van der Waals surface area contributed by atoms with Crippen molar-refractivity contribution in [2.45, 2.75) is 39.8 Å². The number of rotatable bonds is 5. The summed E-state index contributed by atoms with van der Waals surface area (Å²) in [5, 5.41) is 19.9. The van der Waals surface area contributed by atoms with Crippen LogP contribution in [0.5, 0.6) is 0 Å². The maximum Gasteiger partial charge on any atom is 0.352 e. The summed E-state index contributed by atoms with van der Waals surface area (Å²) in [5.41, 5.74) is 0.0781. The zero-order valence-electron chi connectivity index (χ0n) is 16.2. The van der Waals surface area contributed by atoms with Gasteiger partial charge < -0.3 is 19.8 Å². The number of carbonyl (C=O) groups is 3. The fourth-order valence-corrected chi connectivity index (χ4v) is 3.84. The van der Waals surface area contributed by atoms with Gasteiger partial charge in [0.25, 0.3) is 0 Å². The van der Waals surface area contributed by atoms with Crippen LogP contribution in [0, 0.1) is 17.3 Å². The number of hydrogen-bond acceptors (Lipinski definition) is 6. The van der Waals surface area contributed by atoms with E-state index in [1.54, 1.807) is 39.1 Å². The molecule has 8 heteroatoms. The van der Waals surface area contributed by atoms with Crippen LogP contribution in [0.1, 0.15) is 33.3 Å². The van der Waals surface area contributed by atoms with Crippen LogP contribution in [-0.2, 0) is 19.1 Å². The van der Waals surface area contributed by atoms with E-state index in [2.05, 4.69) is 4.98 Å². The van der Waals surface area contributed by atoms with Gasteiger partial charge in [-0.25, -0.2) is 4.79 Å². The minimum Gasteiger partial charge on any atom is -0.477 e. The lowest BCUT2D eigenvalue weighted by atomic mass is 9.76. The number of hydrogen-bond donors (Lipinski definition) is 2. The number of aliphatic hydroxyl groups excluding tert-OH is 1. The average Bonchev–Trinajstić information content (AvgIpc) is 2.89. The van der Waals surface area contributed by atoms with E-state index in [4.69, 9.17) is 4.74 Å². The van der Waals surface area contributed by atoms with Crippen LogP contribution in [0.2, 0.25) is 0 Å². The number of β-lactam (4-membered cyclic amide) rings is 1. The van der Waals surface area contributed by atoms with E-state index in [-0.39, 0.29) is 12.3 Å². The zero-order chi connectivity index (χ0) is 20.8. The SMILES string of the molecule is C[C@@H](O)[C@H]1C(=O)N2C(C(=O)O)=C(c3cccnc3)C(COC(=O)C(C)(C)C)[C@H]12. The van der Waals surface area contributed by atoms with Gasteiger partial charge in [-0.2, -0.15) is 0 Å². The Balaban J connectivity index is 2.04. The highest BCUT2D eigenvalue weighted by Gasteiger charge is 2.61. The average molecular weight is 388 g/mol. The summed E-state index contributed by atoms with van der Waals surface area (Å²) in [5.74, 6) is -3.43. The highest BCUT2D eigenvalue weighted by molar-refractivity contribution is 6.06. The summed E-state index contributed by atoms with van der Waals surface area (Å²) in [7, 11) is 0. The second-order valence-electron chi connectivity index (χ2n) is 8.23. The number of aliphatic carboxylic acids is 1. The summed E-state index contributed by atoms with van der Waals surface area (Å²) in [6.07, 6.45) is 2.13. The molecule has 2 aliphatic heterocycles. The Kier molecular flexibility index (Phi) is 5.01. The summed E-state index contributed by atoms with van der Waals surface area (Å²) in [6.45, 7) is 6.59. The molecule has 28 heavy (non-hydrogen) atoms. The number of carbonyl (C=O) groups excluding carboxylic acids is 2. The molecule has 0 radical (unpaired) electrons. The Morgan fingerprint density at radius 1 is 1.36 bits per heavy atom. The maximum atomic E-state index is 12.6. The number of carboxylic acid groups (broad SMARTS) is 1. The lowest BCUT2D eigenvalue weighted by Crippen LogP contribution is -2.64. The number of pyridine rings is 1. The van der Waals surface area contributed by atoms with Gasteiger partial charge in [-0.3, -0.25) is 14.6 Å². The lowest BCUT2D eigenvalue weighted by molar-refractivity contribution is -0.166. The number of amides is 1. The van der Waals surface area contributed by atoms with E-state index in [1.807, 2.05) is 0 Å². The summed E-state index contributed by atoms with van der Waals surface area (Å²) >= 11 is 0. The highest BCUT2D eigenvalue weighted by atomic mass is 16.5. The van der Waals surface area contributed by atoms with Crippen molar-refractivity contribution >= 4 is 23.4 Å². The normalized spacial score (nSPS) is 25.2. The van der Waals surface area contributed by atoms with Crippen LogP contribution >= 0.6 is 0 Å². The molecular weight excluding hydrogens is 364 g/mol. The molecule has 0 spiro atoms. The largest absolute Gasteiger partial charge is 0.477 e. The van der Waals surface area contributed by atoms with Crippen LogP contribution in [0.25, 0.3) is 5.57 Å². The Morgan fingerprint density at radius 2 is 2.04 bits per heavy atom. The smallest absolute Gasteiger partial charge is 0.352 e. The van der Waals surface area contributed by atoms with Crippen molar-refractivity contribution in [3.63, 3.8) is 0 Å². The van der Waals surface area contributed by atoms with Gasteiger partial charge in [0, 0.05) is 23.9 Å². The molecule has 3 heterocycles. The molecule has 1 saturated heterocycles. The molecule has 1 fully saturated rings. The molecule has 3 rings (SSSR count). The number of carboxylic acids is 1. The molecule has 0 aliphatic carbocycles. The van der Waals surface area contributed by atoms with Gasteiger partial charge in [-0.15, -0.1) is 0 Å². The second-order valence-corrected chi connectivity index (χ2v) is 8.23. The van der Waals surface area contributed by atoms with E-state index in [1.165, 1.54) is 18.0 Å². The third-order valence-electron chi connectivity index (χ3n) is 5.17. The first-order valence-electron chi connectivity index (χ1n) is 9.12. The predicted octanol–water partition coefficient (Wildman–Crippen LogP) is 1.30. The van der Waals surface area contributed by atoms with Crippen molar-refractivity contribution in [1.82, 2.24) is 9.88 Å². The van der Waals surface area contributed by atoms with Gasteiger partial charge in [-0.1, -0.05) is 6.07 Å². The first-order chi connectivity index (χ1) is 13.1. The van der Waals surface area contributed by atoms with Gasteiger partial charge in [0.2, 0.25) is 5.91 Å². The second kappa shape index (κ2) is 7.01. The Bertz CT molecular complexity index is 840. The van der Waals surface area contributed by atoms with Gasteiger partial charge in [0.1, 0.15) is 12.3 Å². The zero-order valence-corrected chi connectivity index (χ0v) is 16.2. The summed E-state index contributed by atoms with van der Waals surface area (Å²) in [4.78, 5) is 42.1. The third kappa shape index (κ3) is 3.17. The Hall–Kier alpha value is -2.74. The summed E-state index contributed by atoms with van der Waals surface area (Å²) < 4.78 is 5.48. The molecule has 1 amide bonds. The van der Waals surface area contributed by atoms with Crippen molar-refractivity contribution in [3.05, 3.63) is 35.8 Å². The molecule has 0 aromatic carbocycles. The van der Waals surface area contributed by atoms with Crippen molar-refractivity contribution in [2.24, 2.45) is 17.3 Å². The van der Waals surface area contributed by atoms with Gasteiger partial charge in [0.05, 0.1) is 23.5 Å². The Morgan fingerprint density at radius 3 is 2.54 bits per heavy atom. The number of nitrogens with zero attached hydrogens (tertiary/aromatic N) is 2. The van der Waals surface area contributed by atoms with Crippen molar-refractivity contribution in [1.29, 1.82) is 0 Å². The fourth-order valence-electron chi connectivity index (χ4n) is 3.84. The van der Waals surface area contributed by atoms with E-state index < -0.39 is 47.2 Å². The van der Waals surface area contributed by atoms with Crippen LogP contribution < -0.4 is 0 Å². The number of aromatic nitrogens is 1. The quantitative estimate of drug-likeness (QED) is 0.577. The fraction of sp³-hybridized carbons (Fsp3) is 0.500. The highest BCUT2D eigenvalue weighted by Crippen LogP contribution is 2.50. The molecule has 1 unspecified atom stereocenters. The van der Waals surface area contributed by atoms with Crippen LogP contribution in [0.3, 0.4) is 0 Å². The Labute approximate surface area is 162 Å². The van der Waals surface area contributed by atoms with Gasteiger partial charge in [-0.05, 0) is 39.3 Å². The lowest BCUT2D eigenvalue weighted by Gasteiger charge is -2.46. The molecule has 8 nitrogen and oxygen atoms in total. The molecule has 150 valence electrons. The van der Waals surface area contributed by atoms with E-state index >= 15 is 0 Å². The summed E-state index contributed by atoms with van der Waals surface area (Å²) in [6, 6.07) is 2.79. The van der Waals surface area contributed by atoms with Crippen LogP contribution in [0.4, 0.5) is 0 Å². The van der Waals surface area contributed by atoms with Crippen molar-refractivity contribution in [3.8, 4) is 0 Å². The third-order valence-corrected chi connectivity index (χ3v) is 5.17. The minimum absolute atomic E-state index is 0.0885. The topological polar surface area (TPSA) is 117 Å². The van der Waals surface area contributed by atoms with E-state index in [9.17, 15) is 24.6 Å². The molecule has 4 atom stereocenters. The number of fused-ring (bicyclic) bond motifs is 1. The molecule has 0 bridgehead atoms. The maximum absolute atomic E-state index is 12.6. The molecule has 2 N–H and O–H groups in total. The van der Waals surface area contributed by atoms with Crippen LogP contribution in [0.15, 0.2) is 30.2 Å². The molecular formula is C20H24N2O6. The monoisotopic (exact) mass is 388 g/mol. The minimum atomic E-state index is -1.24. The van der Waals surface area contributed by atoms with Gasteiger partial charge >= 0.3 is 11.9 Å². The van der Waals surface area contributed by atoms with Crippen LogP contribution in [-0.4, -0.2) is 56.7 Å². The predicted molar refractivity (Wildman–Crippen MR) is 98.5 cm³/mol. The first kappa shape index (κ1) is 20.0.